The lowest BCUT2D eigenvalue weighted by Gasteiger charge is -2.08. The molecule has 0 aliphatic heterocycles. The van der Waals surface area contributed by atoms with Crippen molar-refractivity contribution in [3.05, 3.63) is 65.9 Å². The summed E-state index contributed by atoms with van der Waals surface area (Å²) in [5.74, 6) is 1.29. The lowest BCUT2D eigenvalue weighted by molar-refractivity contribution is 0.394. The first-order chi connectivity index (χ1) is 11.7. The largest absolute Gasteiger partial charge is 0.497 e. The predicted octanol–water partition coefficient (Wildman–Crippen LogP) is 4.32. The van der Waals surface area contributed by atoms with Gasteiger partial charge >= 0.3 is 0 Å². The van der Waals surface area contributed by atoms with Gasteiger partial charge in [-0.3, -0.25) is 4.98 Å². The Labute approximate surface area is 140 Å². The van der Waals surface area contributed by atoms with E-state index in [1.807, 2.05) is 48.5 Å². The van der Waals surface area contributed by atoms with Gasteiger partial charge in [0.1, 0.15) is 11.5 Å². The summed E-state index contributed by atoms with van der Waals surface area (Å²) in [6.07, 6.45) is 3.60. The normalized spacial score (nSPS) is 11.1. The number of rotatable bonds is 4. The number of benzene rings is 2. The molecule has 118 valence electrons. The van der Waals surface area contributed by atoms with E-state index in [-0.39, 0.29) is 0 Å². The van der Waals surface area contributed by atoms with E-state index in [0.717, 1.165) is 22.0 Å². The highest BCUT2D eigenvalue weighted by Crippen LogP contribution is 2.29. The Hall–Kier alpha value is -3.32. The fourth-order valence-electron chi connectivity index (χ4n) is 2.54. The van der Waals surface area contributed by atoms with Crippen molar-refractivity contribution in [3.8, 4) is 17.6 Å². The number of para-hydroxylation sites is 1. The molecule has 0 spiro atoms. The van der Waals surface area contributed by atoms with E-state index in [9.17, 15) is 5.26 Å². The SMILES string of the molecule is COc1cc(OC)cc(/C(C#N)=C/c2ccnc3ccccc23)c1. The number of nitriles is 1. The Bertz CT molecular complexity index is 928. The third kappa shape index (κ3) is 3.06. The number of nitrogens with zero attached hydrogens (tertiary/aromatic N) is 2. The number of hydrogen-bond acceptors (Lipinski definition) is 4. The molecule has 3 rings (SSSR count). The van der Waals surface area contributed by atoms with Gasteiger partial charge in [0.05, 0.1) is 31.4 Å². The van der Waals surface area contributed by atoms with E-state index in [1.165, 1.54) is 0 Å². The van der Waals surface area contributed by atoms with Crippen LogP contribution in [0.5, 0.6) is 11.5 Å². The molecule has 1 aromatic heterocycles. The van der Waals surface area contributed by atoms with Crippen LogP contribution in [0.4, 0.5) is 0 Å². The van der Waals surface area contributed by atoms with E-state index in [4.69, 9.17) is 9.47 Å². The molecule has 3 aromatic rings. The van der Waals surface area contributed by atoms with Crippen LogP contribution < -0.4 is 9.47 Å². The molecule has 4 nitrogen and oxygen atoms in total. The van der Waals surface area contributed by atoms with Crippen molar-refractivity contribution in [2.24, 2.45) is 0 Å². The number of methoxy groups -OCH3 is 2. The molecule has 0 saturated carbocycles. The van der Waals surface area contributed by atoms with Crippen molar-refractivity contribution < 1.29 is 9.47 Å². The van der Waals surface area contributed by atoms with Crippen molar-refractivity contribution in [1.29, 1.82) is 5.26 Å². The molecule has 0 saturated heterocycles. The topological polar surface area (TPSA) is 55.1 Å². The maximum atomic E-state index is 9.62. The second kappa shape index (κ2) is 6.84. The number of aromatic nitrogens is 1. The van der Waals surface area contributed by atoms with Crippen molar-refractivity contribution >= 4 is 22.6 Å². The molecule has 0 N–H and O–H groups in total. The number of hydrogen-bond donors (Lipinski definition) is 0. The molecule has 0 radical (unpaired) electrons. The second-order valence-electron chi connectivity index (χ2n) is 5.19. The Balaban J connectivity index is 2.15. The van der Waals surface area contributed by atoms with Crippen LogP contribution in [-0.4, -0.2) is 19.2 Å². The number of allylic oxidation sites excluding steroid dienone is 1. The lowest BCUT2D eigenvalue weighted by Crippen LogP contribution is -1.91. The number of fused-ring (bicyclic) bond motifs is 1. The Morgan fingerprint density at radius 2 is 1.75 bits per heavy atom. The van der Waals surface area contributed by atoms with Gasteiger partial charge in [0, 0.05) is 17.6 Å². The number of ether oxygens (including phenoxy) is 2. The van der Waals surface area contributed by atoms with Crippen LogP contribution in [0.25, 0.3) is 22.6 Å². The molecular formula is C20H16N2O2. The smallest absolute Gasteiger partial charge is 0.123 e. The van der Waals surface area contributed by atoms with Crippen LogP contribution >= 0.6 is 0 Å². The van der Waals surface area contributed by atoms with Crippen molar-refractivity contribution in [2.45, 2.75) is 0 Å². The minimum absolute atomic E-state index is 0.531. The first-order valence-corrected chi connectivity index (χ1v) is 7.44. The quantitative estimate of drug-likeness (QED) is 0.673. The second-order valence-corrected chi connectivity index (χ2v) is 5.19. The summed E-state index contributed by atoms with van der Waals surface area (Å²) in [7, 11) is 3.18. The summed E-state index contributed by atoms with van der Waals surface area (Å²) in [5, 5.41) is 10.6. The van der Waals surface area contributed by atoms with Gasteiger partial charge in [-0.25, -0.2) is 0 Å². The monoisotopic (exact) mass is 316 g/mol. The molecule has 4 heteroatoms. The summed E-state index contributed by atoms with van der Waals surface area (Å²) >= 11 is 0. The van der Waals surface area contributed by atoms with Gasteiger partial charge in [0.2, 0.25) is 0 Å². The zero-order valence-corrected chi connectivity index (χ0v) is 13.5. The zero-order valence-electron chi connectivity index (χ0n) is 13.5. The fourth-order valence-corrected chi connectivity index (χ4v) is 2.54. The maximum absolute atomic E-state index is 9.62. The molecule has 0 aliphatic carbocycles. The first kappa shape index (κ1) is 15.6. The lowest BCUT2D eigenvalue weighted by atomic mass is 10.0. The molecular weight excluding hydrogens is 300 g/mol. The van der Waals surface area contributed by atoms with E-state index in [0.29, 0.717) is 17.1 Å². The minimum Gasteiger partial charge on any atom is -0.497 e. The molecule has 0 amide bonds. The van der Waals surface area contributed by atoms with Crippen LogP contribution in [0.2, 0.25) is 0 Å². The van der Waals surface area contributed by atoms with Gasteiger partial charge in [-0.2, -0.15) is 5.26 Å². The van der Waals surface area contributed by atoms with Crippen molar-refractivity contribution in [1.82, 2.24) is 4.98 Å². The van der Waals surface area contributed by atoms with Gasteiger partial charge < -0.3 is 9.47 Å². The number of pyridine rings is 1. The third-order valence-corrected chi connectivity index (χ3v) is 3.77. The summed E-state index contributed by atoms with van der Waals surface area (Å²) < 4.78 is 10.6. The summed E-state index contributed by atoms with van der Waals surface area (Å²) in [6.45, 7) is 0. The molecule has 1 heterocycles. The Morgan fingerprint density at radius 1 is 1.04 bits per heavy atom. The van der Waals surface area contributed by atoms with Gasteiger partial charge in [0.15, 0.2) is 0 Å². The maximum Gasteiger partial charge on any atom is 0.123 e. The zero-order chi connectivity index (χ0) is 16.9. The van der Waals surface area contributed by atoms with Crippen molar-refractivity contribution in [2.75, 3.05) is 14.2 Å². The van der Waals surface area contributed by atoms with Gasteiger partial charge in [-0.05, 0) is 41.5 Å². The molecule has 0 aliphatic rings. The van der Waals surface area contributed by atoms with E-state index in [1.54, 1.807) is 26.5 Å². The average Bonchev–Trinajstić information content (AvgIpc) is 2.65. The standard InChI is InChI=1S/C20H16N2O2/c1-23-17-10-15(11-18(12-17)24-2)16(13-21)9-14-7-8-22-20-6-4-3-5-19(14)20/h3-12H,1-2H3/b16-9+. The molecule has 2 aromatic carbocycles. The molecule has 24 heavy (non-hydrogen) atoms. The average molecular weight is 316 g/mol. The molecule has 0 atom stereocenters. The third-order valence-electron chi connectivity index (χ3n) is 3.77. The van der Waals surface area contributed by atoms with Crippen LogP contribution in [0.15, 0.2) is 54.7 Å². The molecule has 0 bridgehead atoms. The Morgan fingerprint density at radius 3 is 2.42 bits per heavy atom. The van der Waals surface area contributed by atoms with Crippen LogP contribution in [0.1, 0.15) is 11.1 Å². The van der Waals surface area contributed by atoms with Crippen LogP contribution in [0.3, 0.4) is 0 Å². The van der Waals surface area contributed by atoms with Gasteiger partial charge in [-0.1, -0.05) is 18.2 Å². The van der Waals surface area contributed by atoms with E-state index < -0.39 is 0 Å². The molecule has 0 fully saturated rings. The van der Waals surface area contributed by atoms with Crippen molar-refractivity contribution in [3.63, 3.8) is 0 Å². The van der Waals surface area contributed by atoms with E-state index >= 15 is 0 Å². The van der Waals surface area contributed by atoms with Gasteiger partial charge in [-0.15, -0.1) is 0 Å². The highest BCUT2D eigenvalue weighted by Gasteiger charge is 2.08. The minimum atomic E-state index is 0.531. The van der Waals surface area contributed by atoms with Gasteiger partial charge in [0.25, 0.3) is 0 Å². The summed E-state index contributed by atoms with van der Waals surface area (Å²) in [5.41, 5.74) is 3.11. The summed E-state index contributed by atoms with van der Waals surface area (Å²) in [4.78, 5) is 4.35. The van der Waals surface area contributed by atoms with Crippen LogP contribution in [0, 0.1) is 11.3 Å². The highest BCUT2D eigenvalue weighted by molar-refractivity contribution is 5.97. The predicted molar refractivity (Wildman–Crippen MR) is 94.8 cm³/mol. The summed E-state index contributed by atoms with van der Waals surface area (Å²) in [6, 6.07) is 17.4. The Kier molecular flexibility index (Phi) is 4.44. The fraction of sp³-hybridized carbons (Fsp3) is 0.100. The van der Waals surface area contributed by atoms with E-state index in [2.05, 4.69) is 11.1 Å². The van der Waals surface area contributed by atoms with Crippen LogP contribution in [-0.2, 0) is 0 Å². The first-order valence-electron chi connectivity index (χ1n) is 7.44. The molecule has 0 unspecified atom stereocenters. The highest BCUT2D eigenvalue weighted by atomic mass is 16.5.